The minimum absolute atomic E-state index is 0.267. The van der Waals surface area contributed by atoms with Gasteiger partial charge in [-0.1, -0.05) is 12.1 Å². The minimum atomic E-state index is -3.14. The van der Waals surface area contributed by atoms with Crippen molar-refractivity contribution in [3.05, 3.63) is 35.6 Å². The number of guanidine groups is 1. The summed E-state index contributed by atoms with van der Waals surface area (Å²) in [4.78, 5) is 4.39. The van der Waals surface area contributed by atoms with Gasteiger partial charge in [0.15, 0.2) is 5.96 Å². The lowest BCUT2D eigenvalue weighted by atomic mass is 10.2. The zero-order valence-electron chi connectivity index (χ0n) is 12.9. The fourth-order valence-electron chi connectivity index (χ4n) is 1.65. The Morgan fingerprint density at radius 1 is 1.18 bits per heavy atom. The molecule has 6 nitrogen and oxygen atoms in total. The van der Waals surface area contributed by atoms with Crippen LogP contribution in [0.2, 0.25) is 0 Å². The smallest absolute Gasteiger partial charge is 0.208 e. The van der Waals surface area contributed by atoms with Crippen LogP contribution in [-0.4, -0.2) is 40.3 Å². The first kappa shape index (κ1) is 18.4. The summed E-state index contributed by atoms with van der Waals surface area (Å²) < 4.78 is 37.1. The highest BCUT2D eigenvalue weighted by Gasteiger charge is 2.00. The summed E-state index contributed by atoms with van der Waals surface area (Å²) in [6.07, 6.45) is 1.78. The van der Waals surface area contributed by atoms with Crippen LogP contribution in [0.4, 0.5) is 4.39 Å². The molecule has 0 aliphatic rings. The second-order valence-electron chi connectivity index (χ2n) is 4.77. The third-order valence-corrected chi connectivity index (χ3v) is 3.42. The predicted molar refractivity (Wildman–Crippen MR) is 86.7 cm³/mol. The summed E-state index contributed by atoms with van der Waals surface area (Å²) in [7, 11) is -3.14. The molecule has 0 bridgehead atoms. The molecule has 0 fully saturated rings. The molecule has 1 rings (SSSR count). The highest BCUT2D eigenvalue weighted by molar-refractivity contribution is 7.88. The molecule has 0 saturated heterocycles. The molecule has 0 saturated carbocycles. The average Bonchev–Trinajstić information content (AvgIpc) is 2.44. The fraction of sp³-hybridized carbons (Fsp3) is 0.500. The van der Waals surface area contributed by atoms with Gasteiger partial charge in [0.05, 0.1) is 12.8 Å². The number of hydrogen-bond donors (Lipinski definition) is 3. The number of halogens is 1. The summed E-state index contributed by atoms with van der Waals surface area (Å²) in [6, 6.07) is 6.20. The Hall–Kier alpha value is -1.67. The largest absolute Gasteiger partial charge is 0.357 e. The first-order valence-electron chi connectivity index (χ1n) is 7.12. The molecule has 0 unspecified atom stereocenters. The summed E-state index contributed by atoms with van der Waals surface area (Å²) >= 11 is 0. The number of rotatable bonds is 8. The average molecular weight is 330 g/mol. The van der Waals surface area contributed by atoms with Crippen LogP contribution >= 0.6 is 0 Å². The van der Waals surface area contributed by atoms with Crippen LogP contribution in [0.3, 0.4) is 0 Å². The van der Waals surface area contributed by atoms with E-state index in [4.69, 9.17) is 0 Å². The van der Waals surface area contributed by atoms with E-state index >= 15 is 0 Å². The molecule has 0 aromatic heterocycles. The maximum Gasteiger partial charge on any atom is 0.208 e. The Morgan fingerprint density at radius 3 is 2.45 bits per heavy atom. The van der Waals surface area contributed by atoms with Gasteiger partial charge < -0.3 is 10.6 Å². The van der Waals surface area contributed by atoms with E-state index in [2.05, 4.69) is 20.3 Å². The lowest BCUT2D eigenvalue weighted by Gasteiger charge is -2.11. The van der Waals surface area contributed by atoms with Crippen LogP contribution in [0.25, 0.3) is 0 Å². The molecule has 22 heavy (non-hydrogen) atoms. The van der Waals surface area contributed by atoms with Gasteiger partial charge in [0.25, 0.3) is 0 Å². The second-order valence-corrected chi connectivity index (χ2v) is 6.60. The number of hydrogen-bond acceptors (Lipinski definition) is 3. The van der Waals surface area contributed by atoms with E-state index in [9.17, 15) is 12.8 Å². The third kappa shape index (κ3) is 8.58. The zero-order valence-corrected chi connectivity index (χ0v) is 13.7. The molecule has 0 spiro atoms. The predicted octanol–water partition coefficient (Wildman–Crippen LogP) is 0.820. The zero-order chi connectivity index (χ0) is 16.4. The summed E-state index contributed by atoms with van der Waals surface area (Å²) in [5.41, 5.74) is 0.914. The van der Waals surface area contributed by atoms with E-state index in [0.717, 1.165) is 18.4 Å². The van der Waals surface area contributed by atoms with E-state index in [1.807, 2.05) is 6.92 Å². The van der Waals surface area contributed by atoms with Crippen LogP contribution in [0.1, 0.15) is 18.9 Å². The van der Waals surface area contributed by atoms with Gasteiger partial charge in [-0.25, -0.2) is 22.5 Å². The Bertz CT molecular complexity index is 573. The van der Waals surface area contributed by atoms with Crippen molar-refractivity contribution in [1.82, 2.24) is 15.4 Å². The molecule has 0 radical (unpaired) electrons. The molecule has 0 heterocycles. The molecule has 1 aromatic carbocycles. The summed E-state index contributed by atoms with van der Waals surface area (Å²) in [6.45, 7) is 4.09. The van der Waals surface area contributed by atoms with Crippen LogP contribution in [-0.2, 0) is 16.6 Å². The number of nitrogens with zero attached hydrogens (tertiary/aromatic N) is 1. The standard InChI is InChI=1S/C14H23FN4O2S/c1-3-16-14(17-9-4-10-19-22(2,20)21)18-11-12-5-7-13(15)8-6-12/h5-8,19H,3-4,9-11H2,1-2H3,(H2,16,17,18). The molecule has 3 N–H and O–H groups in total. The van der Waals surface area contributed by atoms with Crippen molar-refractivity contribution in [2.45, 2.75) is 19.9 Å². The van der Waals surface area contributed by atoms with Crippen molar-refractivity contribution in [3.63, 3.8) is 0 Å². The van der Waals surface area contributed by atoms with E-state index in [0.29, 0.717) is 32.0 Å². The highest BCUT2D eigenvalue weighted by atomic mass is 32.2. The van der Waals surface area contributed by atoms with Crippen molar-refractivity contribution < 1.29 is 12.8 Å². The van der Waals surface area contributed by atoms with Crippen molar-refractivity contribution >= 4 is 16.0 Å². The molecule has 0 amide bonds. The Morgan fingerprint density at radius 2 is 1.86 bits per heavy atom. The van der Waals surface area contributed by atoms with Gasteiger partial charge in [-0.2, -0.15) is 0 Å². The van der Waals surface area contributed by atoms with Gasteiger partial charge >= 0.3 is 0 Å². The normalized spacial score (nSPS) is 12.2. The highest BCUT2D eigenvalue weighted by Crippen LogP contribution is 2.03. The van der Waals surface area contributed by atoms with E-state index in [1.54, 1.807) is 12.1 Å². The Labute approximate surface area is 131 Å². The van der Waals surface area contributed by atoms with Gasteiger partial charge in [0, 0.05) is 19.6 Å². The third-order valence-electron chi connectivity index (χ3n) is 2.69. The van der Waals surface area contributed by atoms with Crippen LogP contribution < -0.4 is 15.4 Å². The Balaban J connectivity index is 2.40. The maximum absolute atomic E-state index is 12.8. The summed E-state index contributed by atoms with van der Waals surface area (Å²) in [5, 5.41) is 6.22. The number of benzene rings is 1. The Kier molecular flexibility index (Phi) is 7.83. The topological polar surface area (TPSA) is 82.6 Å². The van der Waals surface area contributed by atoms with Gasteiger partial charge in [0.1, 0.15) is 5.82 Å². The molecule has 1 aromatic rings. The molecule has 8 heteroatoms. The molecular formula is C14H23FN4O2S. The van der Waals surface area contributed by atoms with Crippen molar-refractivity contribution in [3.8, 4) is 0 Å². The SMILES string of the molecule is CCNC(=NCc1ccc(F)cc1)NCCCNS(C)(=O)=O. The van der Waals surface area contributed by atoms with Gasteiger partial charge in [0.2, 0.25) is 10.0 Å². The number of sulfonamides is 1. The van der Waals surface area contributed by atoms with E-state index in [-0.39, 0.29) is 5.82 Å². The van der Waals surface area contributed by atoms with Crippen molar-refractivity contribution in [1.29, 1.82) is 0 Å². The molecule has 0 aliphatic carbocycles. The van der Waals surface area contributed by atoms with Gasteiger partial charge in [-0.15, -0.1) is 0 Å². The van der Waals surface area contributed by atoms with E-state index in [1.165, 1.54) is 12.1 Å². The van der Waals surface area contributed by atoms with E-state index < -0.39 is 10.0 Å². The molecular weight excluding hydrogens is 307 g/mol. The molecule has 0 aliphatic heterocycles. The monoisotopic (exact) mass is 330 g/mol. The fourth-order valence-corrected chi connectivity index (χ4v) is 2.17. The first-order chi connectivity index (χ1) is 10.4. The number of aliphatic imine (C=N–C) groups is 1. The molecule has 0 atom stereocenters. The minimum Gasteiger partial charge on any atom is -0.357 e. The second kappa shape index (κ2) is 9.37. The number of nitrogens with one attached hydrogen (secondary N) is 3. The first-order valence-corrected chi connectivity index (χ1v) is 9.01. The van der Waals surface area contributed by atoms with Crippen LogP contribution in [0, 0.1) is 5.82 Å². The summed E-state index contributed by atoms with van der Waals surface area (Å²) in [5.74, 6) is 0.377. The van der Waals surface area contributed by atoms with Crippen molar-refractivity contribution in [2.24, 2.45) is 4.99 Å². The maximum atomic E-state index is 12.8. The van der Waals surface area contributed by atoms with Gasteiger partial charge in [-0.05, 0) is 31.0 Å². The van der Waals surface area contributed by atoms with Crippen LogP contribution in [0.5, 0.6) is 0 Å². The quantitative estimate of drug-likeness (QED) is 0.374. The van der Waals surface area contributed by atoms with Crippen molar-refractivity contribution in [2.75, 3.05) is 25.9 Å². The van der Waals surface area contributed by atoms with Gasteiger partial charge in [-0.3, -0.25) is 0 Å². The molecule has 124 valence electrons. The van der Waals surface area contributed by atoms with Crippen LogP contribution in [0.15, 0.2) is 29.3 Å². The lowest BCUT2D eigenvalue weighted by molar-refractivity contribution is 0.584. The lowest BCUT2D eigenvalue weighted by Crippen LogP contribution is -2.38.